The molecule has 2 aromatic heterocycles. The van der Waals surface area contributed by atoms with E-state index in [-0.39, 0.29) is 5.69 Å². The summed E-state index contributed by atoms with van der Waals surface area (Å²) in [6, 6.07) is 5.70. The minimum Gasteiger partial charge on any atom is -0.463 e. The van der Waals surface area contributed by atoms with E-state index in [0.29, 0.717) is 16.4 Å². The largest absolute Gasteiger partial charge is 0.463 e. The van der Waals surface area contributed by atoms with Crippen LogP contribution in [0, 0.1) is 4.64 Å². The highest BCUT2D eigenvalue weighted by Crippen LogP contribution is 2.36. The third kappa shape index (κ3) is 1.53. The fourth-order valence-electron chi connectivity index (χ4n) is 1.81. The Labute approximate surface area is 96.5 Å². The molecule has 0 spiro atoms. The highest BCUT2D eigenvalue weighted by molar-refractivity contribution is 7.71. The van der Waals surface area contributed by atoms with E-state index >= 15 is 0 Å². The van der Waals surface area contributed by atoms with Crippen molar-refractivity contribution >= 4 is 12.2 Å². The first-order valence-corrected chi connectivity index (χ1v) is 5.56. The standard InChI is InChI=1S/C11H10N2O2S/c14-11-12-10(16)6-8(9-2-1-5-15-9)13(11)7-3-4-7/h1-2,5-7H,3-4H2,(H,12,14,16). The Morgan fingerprint density at radius 1 is 1.50 bits per heavy atom. The van der Waals surface area contributed by atoms with Crippen LogP contribution in [0.4, 0.5) is 0 Å². The number of H-pyrrole nitrogens is 1. The Morgan fingerprint density at radius 3 is 2.94 bits per heavy atom. The topological polar surface area (TPSA) is 50.9 Å². The number of furan rings is 1. The summed E-state index contributed by atoms with van der Waals surface area (Å²) < 4.78 is 7.50. The molecule has 1 saturated carbocycles. The Kier molecular flexibility index (Phi) is 2.07. The summed E-state index contributed by atoms with van der Waals surface area (Å²) in [5.41, 5.74) is 0.614. The molecule has 0 unspecified atom stereocenters. The van der Waals surface area contributed by atoms with Crippen molar-refractivity contribution in [1.82, 2.24) is 9.55 Å². The Hall–Kier alpha value is -1.62. The molecule has 0 radical (unpaired) electrons. The number of hydrogen-bond donors (Lipinski definition) is 1. The van der Waals surface area contributed by atoms with Gasteiger partial charge in [-0.1, -0.05) is 12.2 Å². The zero-order valence-electron chi connectivity index (χ0n) is 8.47. The van der Waals surface area contributed by atoms with E-state index in [1.165, 1.54) is 0 Å². The van der Waals surface area contributed by atoms with Crippen molar-refractivity contribution in [2.24, 2.45) is 0 Å². The quantitative estimate of drug-likeness (QED) is 0.812. The van der Waals surface area contributed by atoms with Gasteiger partial charge in [0, 0.05) is 12.1 Å². The first-order valence-electron chi connectivity index (χ1n) is 5.15. The van der Waals surface area contributed by atoms with Gasteiger partial charge in [0.15, 0.2) is 5.76 Å². The van der Waals surface area contributed by atoms with E-state index in [1.54, 1.807) is 23.0 Å². The second-order valence-corrected chi connectivity index (χ2v) is 4.34. The average Bonchev–Trinajstić information content (AvgIpc) is 2.92. The van der Waals surface area contributed by atoms with Crippen molar-refractivity contribution in [3.8, 4) is 11.5 Å². The molecule has 2 heterocycles. The van der Waals surface area contributed by atoms with Crippen LogP contribution >= 0.6 is 12.2 Å². The summed E-state index contributed by atoms with van der Waals surface area (Å²) in [6.07, 6.45) is 3.67. The molecule has 3 rings (SSSR count). The summed E-state index contributed by atoms with van der Waals surface area (Å²) >= 11 is 5.02. The monoisotopic (exact) mass is 234 g/mol. The minimum absolute atomic E-state index is 0.151. The van der Waals surface area contributed by atoms with Crippen molar-refractivity contribution < 1.29 is 4.42 Å². The molecule has 0 saturated heterocycles. The van der Waals surface area contributed by atoms with E-state index < -0.39 is 0 Å². The van der Waals surface area contributed by atoms with Crippen LogP contribution in [0.2, 0.25) is 0 Å². The molecule has 2 aromatic rings. The van der Waals surface area contributed by atoms with Crippen LogP contribution in [-0.4, -0.2) is 9.55 Å². The molecule has 0 aromatic carbocycles. The molecule has 1 aliphatic carbocycles. The van der Waals surface area contributed by atoms with Gasteiger partial charge in [0.2, 0.25) is 0 Å². The molecular weight excluding hydrogens is 224 g/mol. The summed E-state index contributed by atoms with van der Waals surface area (Å²) in [6.45, 7) is 0. The highest BCUT2D eigenvalue weighted by atomic mass is 32.1. The Bertz CT molecular complexity index is 620. The van der Waals surface area contributed by atoms with Gasteiger partial charge in [0.05, 0.1) is 12.0 Å². The second kappa shape index (κ2) is 3.45. The van der Waals surface area contributed by atoms with E-state index in [4.69, 9.17) is 16.6 Å². The molecule has 1 fully saturated rings. The summed E-state index contributed by atoms with van der Waals surface area (Å²) in [5, 5.41) is 0. The van der Waals surface area contributed by atoms with Gasteiger partial charge in [0.1, 0.15) is 4.64 Å². The SMILES string of the molecule is O=c1[nH]c(=S)cc(-c2ccco2)n1C1CC1. The normalized spacial score (nSPS) is 15.2. The number of aromatic nitrogens is 2. The maximum absolute atomic E-state index is 11.8. The van der Waals surface area contributed by atoms with Crippen molar-refractivity contribution in [2.75, 3.05) is 0 Å². The molecular formula is C11H10N2O2S. The van der Waals surface area contributed by atoms with Gasteiger partial charge in [-0.25, -0.2) is 4.79 Å². The minimum atomic E-state index is -0.151. The summed E-state index contributed by atoms with van der Waals surface area (Å²) in [7, 11) is 0. The van der Waals surface area contributed by atoms with E-state index in [1.807, 2.05) is 6.07 Å². The molecule has 0 atom stereocenters. The maximum atomic E-state index is 11.8. The molecule has 0 aliphatic heterocycles. The molecule has 5 heteroatoms. The average molecular weight is 234 g/mol. The molecule has 1 aliphatic rings. The van der Waals surface area contributed by atoms with Crippen LogP contribution in [0.5, 0.6) is 0 Å². The number of nitrogens with zero attached hydrogens (tertiary/aromatic N) is 1. The maximum Gasteiger partial charge on any atom is 0.327 e. The van der Waals surface area contributed by atoms with Gasteiger partial charge >= 0.3 is 5.69 Å². The molecule has 82 valence electrons. The van der Waals surface area contributed by atoms with Crippen molar-refractivity contribution in [3.05, 3.63) is 39.6 Å². The highest BCUT2D eigenvalue weighted by Gasteiger charge is 2.27. The lowest BCUT2D eigenvalue weighted by atomic mass is 10.3. The van der Waals surface area contributed by atoms with Crippen LogP contribution in [0.3, 0.4) is 0 Å². The van der Waals surface area contributed by atoms with Gasteiger partial charge in [-0.05, 0) is 25.0 Å². The summed E-state index contributed by atoms with van der Waals surface area (Å²) in [4.78, 5) is 14.5. The lowest BCUT2D eigenvalue weighted by molar-refractivity contribution is 0.566. The van der Waals surface area contributed by atoms with Crippen molar-refractivity contribution in [3.63, 3.8) is 0 Å². The van der Waals surface area contributed by atoms with Crippen molar-refractivity contribution in [2.45, 2.75) is 18.9 Å². The number of rotatable bonds is 2. The molecule has 4 nitrogen and oxygen atoms in total. The van der Waals surface area contributed by atoms with Crippen LogP contribution in [0.1, 0.15) is 18.9 Å². The number of hydrogen-bond acceptors (Lipinski definition) is 3. The lowest BCUT2D eigenvalue weighted by Gasteiger charge is -2.08. The third-order valence-electron chi connectivity index (χ3n) is 2.66. The Morgan fingerprint density at radius 2 is 2.31 bits per heavy atom. The first kappa shape index (κ1) is 9.59. The van der Waals surface area contributed by atoms with Crippen molar-refractivity contribution in [1.29, 1.82) is 0 Å². The van der Waals surface area contributed by atoms with E-state index in [9.17, 15) is 4.79 Å². The van der Waals surface area contributed by atoms with Gasteiger partial charge < -0.3 is 4.42 Å². The predicted molar refractivity (Wildman–Crippen MR) is 61.9 cm³/mol. The summed E-state index contributed by atoms with van der Waals surface area (Å²) in [5.74, 6) is 0.684. The van der Waals surface area contributed by atoms with Crippen LogP contribution in [-0.2, 0) is 0 Å². The zero-order chi connectivity index (χ0) is 11.1. The van der Waals surface area contributed by atoms with E-state index in [0.717, 1.165) is 18.5 Å². The number of nitrogens with one attached hydrogen (secondary N) is 1. The van der Waals surface area contributed by atoms with Crippen LogP contribution < -0.4 is 5.69 Å². The lowest BCUT2D eigenvalue weighted by Crippen LogP contribution is -2.23. The first-order chi connectivity index (χ1) is 7.75. The smallest absolute Gasteiger partial charge is 0.327 e. The van der Waals surface area contributed by atoms with Crippen LogP contribution in [0.25, 0.3) is 11.5 Å². The fourth-order valence-corrected chi connectivity index (χ4v) is 2.01. The number of aromatic amines is 1. The Balaban J connectivity index is 2.30. The molecule has 1 N–H and O–H groups in total. The second-order valence-electron chi connectivity index (χ2n) is 3.90. The van der Waals surface area contributed by atoms with E-state index in [2.05, 4.69) is 4.98 Å². The van der Waals surface area contributed by atoms with Crippen LogP contribution in [0.15, 0.2) is 33.7 Å². The fraction of sp³-hybridized carbons (Fsp3) is 0.273. The van der Waals surface area contributed by atoms with Gasteiger partial charge in [-0.15, -0.1) is 0 Å². The van der Waals surface area contributed by atoms with Gasteiger partial charge in [-0.3, -0.25) is 9.55 Å². The zero-order valence-corrected chi connectivity index (χ0v) is 9.29. The predicted octanol–water partition coefficient (Wildman–Crippen LogP) is 2.50. The molecule has 16 heavy (non-hydrogen) atoms. The van der Waals surface area contributed by atoms with Gasteiger partial charge in [0.25, 0.3) is 0 Å². The molecule has 0 bridgehead atoms. The molecule has 0 amide bonds. The van der Waals surface area contributed by atoms with Gasteiger partial charge in [-0.2, -0.15) is 0 Å². The third-order valence-corrected chi connectivity index (χ3v) is 2.88.